The fourth-order valence-electron chi connectivity index (χ4n) is 1.77. The number of aliphatic hydroxyl groups is 1. The number of aliphatic carboxylic acids is 5. The maximum absolute atomic E-state index is 11.7. The molecule has 0 amide bonds. The first-order valence-electron chi connectivity index (χ1n) is 6.30. The van der Waals surface area contributed by atoms with Crippen molar-refractivity contribution in [1.29, 1.82) is 0 Å². The van der Waals surface area contributed by atoms with Crippen LogP contribution in [0.3, 0.4) is 0 Å². The van der Waals surface area contributed by atoms with Crippen LogP contribution in [0.1, 0.15) is 25.7 Å². The zero-order valence-corrected chi connectivity index (χ0v) is 12.4. The van der Waals surface area contributed by atoms with E-state index in [1.165, 1.54) is 0 Å². The van der Waals surface area contributed by atoms with E-state index in [9.17, 15) is 33.9 Å². The molecular weight excluding hydrogens is 352 g/mol. The lowest BCUT2D eigenvalue weighted by atomic mass is 9.93. The highest BCUT2D eigenvalue weighted by Gasteiger charge is 2.49. The van der Waals surface area contributed by atoms with E-state index in [1.807, 2.05) is 0 Å². The minimum absolute atomic E-state index is 1.45. The highest BCUT2D eigenvalue weighted by atomic mass is 16.6. The molecule has 0 aromatic rings. The summed E-state index contributed by atoms with van der Waals surface area (Å²) in [6.07, 6.45) is -5.94. The van der Waals surface area contributed by atoms with Crippen molar-refractivity contribution < 1.29 is 64.1 Å². The molecule has 0 unspecified atom stereocenters. The summed E-state index contributed by atoms with van der Waals surface area (Å²) in [6, 6.07) is 0. The van der Waals surface area contributed by atoms with Crippen molar-refractivity contribution in [3.63, 3.8) is 0 Å². The van der Waals surface area contributed by atoms with Gasteiger partial charge >= 0.3 is 35.8 Å². The first-order chi connectivity index (χ1) is 11.2. The molecule has 1 atom stereocenters. The van der Waals surface area contributed by atoms with Crippen LogP contribution >= 0.6 is 0 Å². The molecule has 0 aromatic carbocycles. The number of hydrogen-bond acceptors (Lipinski definition) is 8. The van der Waals surface area contributed by atoms with Crippen LogP contribution in [0.25, 0.3) is 0 Å². The highest BCUT2D eigenvalue weighted by Crippen LogP contribution is 2.25. The van der Waals surface area contributed by atoms with E-state index in [2.05, 4.69) is 4.74 Å². The van der Waals surface area contributed by atoms with Crippen molar-refractivity contribution >= 4 is 35.8 Å². The van der Waals surface area contributed by atoms with Crippen LogP contribution in [0.5, 0.6) is 0 Å². The van der Waals surface area contributed by atoms with Crippen molar-refractivity contribution in [2.45, 2.75) is 36.9 Å². The fourth-order valence-corrected chi connectivity index (χ4v) is 1.77. The van der Waals surface area contributed by atoms with Crippen molar-refractivity contribution in [2.75, 3.05) is 0 Å². The standard InChI is InChI=1S/C12H14O13/c13-5(14)1-11(24,9(20)21)4-8(19)25-12(10(22)23,2-6(15)16)3-7(17)18/h24H,1-4H2,(H,13,14)(H,15,16)(H,17,18)(H,20,21)(H,22,23)/t11-/m0/s1. The van der Waals surface area contributed by atoms with E-state index in [1.54, 1.807) is 0 Å². The number of rotatable bonds is 11. The quantitative estimate of drug-likeness (QED) is 0.217. The number of ether oxygens (including phenoxy) is 1. The molecule has 0 saturated heterocycles. The van der Waals surface area contributed by atoms with Gasteiger partial charge in [-0.2, -0.15) is 0 Å². The van der Waals surface area contributed by atoms with E-state index in [4.69, 9.17) is 25.5 Å². The van der Waals surface area contributed by atoms with Crippen LogP contribution < -0.4 is 0 Å². The van der Waals surface area contributed by atoms with E-state index >= 15 is 0 Å². The Morgan fingerprint density at radius 1 is 0.640 bits per heavy atom. The molecule has 0 spiro atoms. The Hall–Kier alpha value is -3.22. The van der Waals surface area contributed by atoms with Gasteiger partial charge in [0.1, 0.15) is 0 Å². The lowest BCUT2D eigenvalue weighted by Crippen LogP contribution is -2.49. The predicted octanol–water partition coefficient (Wildman–Crippen LogP) is -2.02. The van der Waals surface area contributed by atoms with Gasteiger partial charge < -0.3 is 35.4 Å². The van der Waals surface area contributed by atoms with Crippen LogP contribution in [0.2, 0.25) is 0 Å². The molecule has 0 aliphatic rings. The largest absolute Gasteiger partial charge is 0.481 e. The summed E-state index contributed by atoms with van der Waals surface area (Å²) in [4.78, 5) is 66.0. The maximum Gasteiger partial charge on any atom is 0.349 e. The molecule has 25 heavy (non-hydrogen) atoms. The van der Waals surface area contributed by atoms with Gasteiger partial charge in [0.15, 0.2) is 5.60 Å². The number of carbonyl (C=O) groups excluding carboxylic acids is 1. The zero-order chi connectivity index (χ0) is 20.0. The Kier molecular flexibility index (Phi) is 7.01. The molecule has 140 valence electrons. The fraction of sp³-hybridized carbons (Fsp3) is 0.500. The van der Waals surface area contributed by atoms with Gasteiger partial charge in [0.25, 0.3) is 0 Å². The van der Waals surface area contributed by atoms with Gasteiger partial charge in [-0.05, 0) is 0 Å². The molecule has 13 nitrogen and oxygen atoms in total. The van der Waals surface area contributed by atoms with Crippen molar-refractivity contribution in [3.8, 4) is 0 Å². The van der Waals surface area contributed by atoms with Gasteiger partial charge in [-0.1, -0.05) is 0 Å². The smallest absolute Gasteiger partial charge is 0.349 e. The Balaban J connectivity index is 5.60. The summed E-state index contributed by atoms with van der Waals surface area (Å²) in [5.74, 6) is -11.6. The molecule has 0 aliphatic heterocycles. The first-order valence-corrected chi connectivity index (χ1v) is 6.30. The summed E-state index contributed by atoms with van der Waals surface area (Å²) in [7, 11) is 0. The highest BCUT2D eigenvalue weighted by molar-refractivity contribution is 5.92. The number of carbonyl (C=O) groups is 6. The van der Waals surface area contributed by atoms with E-state index < -0.39 is 72.7 Å². The number of carboxylic acids is 5. The average Bonchev–Trinajstić information content (AvgIpc) is 2.34. The van der Waals surface area contributed by atoms with Gasteiger partial charge in [0.2, 0.25) is 5.60 Å². The molecule has 6 N–H and O–H groups in total. The molecule has 0 rings (SSSR count). The molecule has 0 aromatic heterocycles. The van der Waals surface area contributed by atoms with Crippen molar-refractivity contribution in [2.24, 2.45) is 0 Å². The van der Waals surface area contributed by atoms with Gasteiger partial charge in [0.05, 0.1) is 25.7 Å². The lowest BCUT2D eigenvalue weighted by Gasteiger charge is -2.28. The van der Waals surface area contributed by atoms with E-state index in [0.717, 1.165) is 0 Å². The third kappa shape index (κ3) is 6.42. The Morgan fingerprint density at radius 3 is 1.32 bits per heavy atom. The van der Waals surface area contributed by atoms with Crippen LogP contribution in [-0.2, 0) is 33.5 Å². The Morgan fingerprint density at radius 2 is 1.04 bits per heavy atom. The number of carboxylic acid groups (broad SMARTS) is 5. The van der Waals surface area contributed by atoms with Gasteiger partial charge in [-0.3, -0.25) is 19.2 Å². The van der Waals surface area contributed by atoms with Crippen LogP contribution in [0.4, 0.5) is 0 Å². The van der Waals surface area contributed by atoms with Crippen molar-refractivity contribution in [3.05, 3.63) is 0 Å². The van der Waals surface area contributed by atoms with Crippen molar-refractivity contribution in [1.82, 2.24) is 0 Å². The summed E-state index contributed by atoms with van der Waals surface area (Å²) in [5, 5.41) is 53.5. The minimum Gasteiger partial charge on any atom is -0.481 e. The monoisotopic (exact) mass is 366 g/mol. The summed E-state index contributed by atoms with van der Waals surface area (Å²) in [6.45, 7) is 0. The topological polar surface area (TPSA) is 233 Å². The Labute approximate surface area is 138 Å². The summed E-state index contributed by atoms with van der Waals surface area (Å²) < 4.78 is 4.33. The van der Waals surface area contributed by atoms with Crippen LogP contribution in [0.15, 0.2) is 0 Å². The maximum atomic E-state index is 11.7. The lowest BCUT2D eigenvalue weighted by molar-refractivity contribution is -0.191. The van der Waals surface area contributed by atoms with Gasteiger partial charge in [0, 0.05) is 0 Å². The van der Waals surface area contributed by atoms with Gasteiger partial charge in [-0.25, -0.2) is 9.59 Å². The second kappa shape index (κ2) is 8.05. The van der Waals surface area contributed by atoms with Crippen LogP contribution in [0, 0.1) is 0 Å². The normalized spacial score (nSPS) is 13.3. The zero-order valence-electron chi connectivity index (χ0n) is 12.4. The van der Waals surface area contributed by atoms with E-state index in [-0.39, 0.29) is 0 Å². The number of hydrogen-bond donors (Lipinski definition) is 6. The molecule has 0 fully saturated rings. The molecule has 0 radical (unpaired) electrons. The van der Waals surface area contributed by atoms with E-state index in [0.29, 0.717) is 0 Å². The average molecular weight is 366 g/mol. The molecule has 0 bridgehead atoms. The third-order valence-electron chi connectivity index (χ3n) is 2.85. The third-order valence-corrected chi connectivity index (χ3v) is 2.85. The Bertz CT molecular complexity index is 590. The molecule has 0 heterocycles. The molecule has 0 aliphatic carbocycles. The van der Waals surface area contributed by atoms with Gasteiger partial charge in [-0.15, -0.1) is 0 Å². The summed E-state index contributed by atoms with van der Waals surface area (Å²) in [5.41, 5.74) is -6.24. The SMILES string of the molecule is O=C(O)CC(CC(=O)O)(OC(=O)C[C@@](O)(CC(=O)O)C(=O)O)C(=O)O. The minimum atomic E-state index is -3.17. The second-order valence-electron chi connectivity index (χ2n) is 5.00. The predicted molar refractivity (Wildman–Crippen MR) is 70.4 cm³/mol. The summed E-state index contributed by atoms with van der Waals surface area (Å²) >= 11 is 0. The second-order valence-corrected chi connectivity index (χ2v) is 5.00. The first kappa shape index (κ1) is 21.8. The number of esters is 1. The molecule has 13 heteroatoms. The molecular formula is C12H14O13. The molecule has 0 saturated carbocycles. The van der Waals surface area contributed by atoms with Crippen LogP contribution in [-0.4, -0.2) is 77.7 Å².